The molecule has 246 valence electrons. The van der Waals surface area contributed by atoms with Crippen molar-refractivity contribution in [2.45, 2.75) is 94.3 Å². The zero-order valence-electron chi connectivity index (χ0n) is 25.8. The predicted octanol–water partition coefficient (Wildman–Crippen LogP) is 2.09. The number of allylic oxidation sites excluding steroid dienone is 1. The lowest BCUT2D eigenvalue weighted by Crippen LogP contribution is -2.58. The second-order valence-electron chi connectivity index (χ2n) is 12.4. The molecule has 4 rings (SSSR count). The molecular formula is C31H42N4O9S. The molecule has 0 unspecified atom stereocenters. The van der Waals surface area contributed by atoms with Crippen molar-refractivity contribution in [1.82, 2.24) is 20.3 Å². The summed E-state index contributed by atoms with van der Waals surface area (Å²) in [6.07, 6.45) is 5.39. The molecule has 1 aromatic carbocycles. The molecule has 3 N–H and O–H groups in total. The van der Waals surface area contributed by atoms with Crippen LogP contribution >= 0.6 is 0 Å². The number of nitrogens with zero attached hydrogens (tertiary/aromatic N) is 1. The van der Waals surface area contributed by atoms with Crippen molar-refractivity contribution < 1.29 is 41.9 Å². The van der Waals surface area contributed by atoms with Gasteiger partial charge in [-0.1, -0.05) is 56.5 Å². The number of hydrogen-bond donors (Lipinski definition) is 3. The van der Waals surface area contributed by atoms with Crippen LogP contribution in [0.15, 0.2) is 41.3 Å². The van der Waals surface area contributed by atoms with Gasteiger partial charge in [-0.25, -0.2) is 17.9 Å². The summed E-state index contributed by atoms with van der Waals surface area (Å²) in [5, 5.41) is 5.39. The van der Waals surface area contributed by atoms with Crippen LogP contribution in [0.2, 0.25) is 0 Å². The Hall–Kier alpha value is -3.94. The summed E-state index contributed by atoms with van der Waals surface area (Å²) in [6.45, 7) is 5.87. The number of aryl methyl sites for hydroxylation is 1. The number of ether oxygens (including phenoxy) is 2. The van der Waals surface area contributed by atoms with E-state index in [2.05, 4.69) is 15.4 Å². The van der Waals surface area contributed by atoms with Crippen LogP contribution < -0.4 is 15.4 Å². The van der Waals surface area contributed by atoms with Gasteiger partial charge in [0.15, 0.2) is 0 Å². The molecule has 45 heavy (non-hydrogen) atoms. The molecule has 2 aliphatic heterocycles. The van der Waals surface area contributed by atoms with Gasteiger partial charge >= 0.3 is 6.09 Å². The molecule has 1 aromatic rings. The van der Waals surface area contributed by atoms with E-state index in [1.807, 2.05) is 26.0 Å². The summed E-state index contributed by atoms with van der Waals surface area (Å²) in [5.74, 6) is -2.52. The molecule has 0 aromatic heterocycles. The van der Waals surface area contributed by atoms with E-state index in [0.29, 0.717) is 19.3 Å². The summed E-state index contributed by atoms with van der Waals surface area (Å²) >= 11 is 0. The minimum absolute atomic E-state index is 0.0410. The highest BCUT2D eigenvalue weighted by atomic mass is 32.2. The van der Waals surface area contributed by atoms with Gasteiger partial charge < -0.3 is 25.0 Å². The van der Waals surface area contributed by atoms with Crippen molar-refractivity contribution in [1.29, 1.82) is 0 Å². The summed E-state index contributed by atoms with van der Waals surface area (Å²) < 4.78 is 38.6. The number of alkyl carbamates (subject to hydrolysis) is 1. The van der Waals surface area contributed by atoms with Gasteiger partial charge in [-0.3, -0.25) is 19.2 Å². The summed E-state index contributed by atoms with van der Waals surface area (Å²) in [5.41, 5.74) is -0.722. The first kappa shape index (κ1) is 33.9. The van der Waals surface area contributed by atoms with E-state index >= 15 is 0 Å². The van der Waals surface area contributed by atoms with Crippen molar-refractivity contribution >= 4 is 40.3 Å². The summed E-state index contributed by atoms with van der Waals surface area (Å²) in [4.78, 5) is 66.2. The minimum Gasteiger partial charge on any atom is -0.463 e. The molecule has 0 bridgehead atoms. The number of benzene rings is 1. The Bertz CT molecular complexity index is 1410. The molecule has 14 heteroatoms. The second-order valence-corrected chi connectivity index (χ2v) is 14.1. The Kier molecular flexibility index (Phi) is 10.9. The van der Waals surface area contributed by atoms with Gasteiger partial charge in [0.2, 0.25) is 11.8 Å². The average molecular weight is 647 g/mol. The van der Waals surface area contributed by atoms with E-state index in [1.165, 1.54) is 17.0 Å². The standard InChI is InChI=1S/C31H42N4O9S/c1-20(2)18-43-30(40)32-25-10-8-6-4-5-7-9-22-16-31(22,29(39)34-45(41,42)24-13-11-21(3)12-14-24)33-27(37)26-15-23(44-19-36)17-35(26)28(25)38/h7,9,11-14,19-20,22-23,25-26H,4-6,8,10,15-18H2,1-3H3,(H,32,40)(H,33,37)(H,34,39)/b9-7-/t22-,23-,25+,26+,31-/m1/s1. The SMILES string of the molecule is Cc1ccc(S(=O)(=O)NC(=O)[C@@]23C[C@H]2/C=C\CCCCC[C@H](NC(=O)OCC(C)C)C(=O)N2C[C@H](OC=O)C[C@H]2C(=O)N3)cc1. The number of nitrogens with one attached hydrogen (secondary N) is 3. The number of amides is 4. The first-order valence-electron chi connectivity index (χ1n) is 15.3. The Morgan fingerprint density at radius 2 is 1.89 bits per heavy atom. The van der Waals surface area contributed by atoms with Crippen LogP contribution in [0, 0.1) is 18.8 Å². The molecule has 1 saturated heterocycles. The van der Waals surface area contributed by atoms with Gasteiger partial charge in [-0.2, -0.15) is 0 Å². The molecule has 13 nitrogen and oxygen atoms in total. The number of hydrogen-bond acceptors (Lipinski definition) is 9. The van der Waals surface area contributed by atoms with E-state index in [-0.39, 0.29) is 43.3 Å². The van der Waals surface area contributed by atoms with E-state index in [4.69, 9.17) is 9.47 Å². The number of rotatable bonds is 8. The molecule has 4 amide bonds. The largest absolute Gasteiger partial charge is 0.463 e. The van der Waals surface area contributed by atoms with Crippen LogP contribution in [0.1, 0.15) is 64.4 Å². The highest BCUT2D eigenvalue weighted by Gasteiger charge is 2.61. The van der Waals surface area contributed by atoms with E-state index in [9.17, 15) is 32.4 Å². The summed E-state index contributed by atoms with van der Waals surface area (Å²) in [6, 6.07) is 3.86. The molecule has 5 atom stereocenters. The van der Waals surface area contributed by atoms with E-state index in [1.54, 1.807) is 19.1 Å². The van der Waals surface area contributed by atoms with Crippen molar-refractivity contribution in [2.24, 2.45) is 11.8 Å². The fraction of sp³-hybridized carbons (Fsp3) is 0.581. The summed E-state index contributed by atoms with van der Waals surface area (Å²) in [7, 11) is -4.24. The zero-order valence-corrected chi connectivity index (χ0v) is 26.6. The lowest BCUT2D eigenvalue weighted by molar-refractivity contribution is -0.141. The van der Waals surface area contributed by atoms with Crippen molar-refractivity contribution in [3.8, 4) is 0 Å². The van der Waals surface area contributed by atoms with Gasteiger partial charge in [0.05, 0.1) is 18.0 Å². The van der Waals surface area contributed by atoms with Crippen molar-refractivity contribution in [3.05, 3.63) is 42.0 Å². The van der Waals surface area contributed by atoms with Gasteiger partial charge in [0.1, 0.15) is 23.7 Å². The Balaban J connectivity index is 1.60. The minimum atomic E-state index is -4.24. The zero-order chi connectivity index (χ0) is 32.8. The van der Waals surface area contributed by atoms with Crippen LogP contribution in [-0.4, -0.2) is 80.5 Å². The molecule has 1 aliphatic carbocycles. The molecule has 2 fully saturated rings. The highest BCUT2D eigenvalue weighted by molar-refractivity contribution is 7.90. The van der Waals surface area contributed by atoms with Crippen LogP contribution in [0.4, 0.5) is 4.79 Å². The monoisotopic (exact) mass is 646 g/mol. The van der Waals surface area contributed by atoms with E-state index in [0.717, 1.165) is 18.4 Å². The molecule has 0 spiro atoms. The smallest absolute Gasteiger partial charge is 0.407 e. The molecule has 1 saturated carbocycles. The first-order chi connectivity index (χ1) is 21.4. The molecule has 2 heterocycles. The Morgan fingerprint density at radius 3 is 2.58 bits per heavy atom. The topological polar surface area (TPSA) is 177 Å². The Labute approximate surface area is 263 Å². The third kappa shape index (κ3) is 8.41. The molecular weight excluding hydrogens is 604 g/mol. The quantitative estimate of drug-likeness (QED) is 0.282. The maximum atomic E-state index is 13.9. The fourth-order valence-electron chi connectivity index (χ4n) is 5.67. The normalized spacial score (nSPS) is 28.0. The third-order valence-corrected chi connectivity index (χ3v) is 9.64. The van der Waals surface area contributed by atoms with Crippen LogP contribution in [-0.2, 0) is 38.7 Å². The molecule has 0 radical (unpaired) electrons. The van der Waals surface area contributed by atoms with Gasteiger partial charge in [0.25, 0.3) is 22.4 Å². The van der Waals surface area contributed by atoms with Crippen molar-refractivity contribution in [2.75, 3.05) is 13.2 Å². The number of carbonyl (C=O) groups excluding carboxylic acids is 5. The maximum absolute atomic E-state index is 13.9. The van der Waals surface area contributed by atoms with Gasteiger partial charge in [-0.15, -0.1) is 0 Å². The lowest BCUT2D eigenvalue weighted by atomic mass is 10.0. The predicted molar refractivity (Wildman–Crippen MR) is 162 cm³/mol. The number of carbonyl (C=O) groups is 5. The lowest BCUT2D eigenvalue weighted by Gasteiger charge is -2.29. The number of fused-ring (bicyclic) bond motifs is 2. The maximum Gasteiger partial charge on any atom is 0.407 e. The third-order valence-electron chi connectivity index (χ3n) is 8.29. The fourth-order valence-corrected chi connectivity index (χ4v) is 6.71. The first-order valence-corrected chi connectivity index (χ1v) is 16.8. The van der Waals surface area contributed by atoms with Crippen LogP contribution in [0.3, 0.4) is 0 Å². The second kappa shape index (κ2) is 14.4. The van der Waals surface area contributed by atoms with Gasteiger partial charge in [-0.05, 0) is 50.7 Å². The Morgan fingerprint density at radius 1 is 1.16 bits per heavy atom. The molecule has 3 aliphatic rings. The highest BCUT2D eigenvalue weighted by Crippen LogP contribution is 2.46. The van der Waals surface area contributed by atoms with Crippen molar-refractivity contribution in [3.63, 3.8) is 0 Å². The van der Waals surface area contributed by atoms with E-state index < -0.39 is 63.5 Å². The van der Waals surface area contributed by atoms with Crippen LogP contribution in [0.25, 0.3) is 0 Å². The number of sulfonamides is 1. The van der Waals surface area contributed by atoms with Gasteiger partial charge in [0, 0.05) is 12.3 Å². The average Bonchev–Trinajstić information content (AvgIpc) is 3.51. The van der Waals surface area contributed by atoms with Crippen LogP contribution in [0.5, 0.6) is 0 Å².